The van der Waals surface area contributed by atoms with Gasteiger partial charge in [0.1, 0.15) is 0 Å². The van der Waals surface area contributed by atoms with Crippen molar-refractivity contribution < 1.29 is 9.47 Å². The highest BCUT2D eigenvalue weighted by Gasteiger charge is 2.08. The predicted octanol–water partition coefficient (Wildman–Crippen LogP) is 3.01. The minimum Gasteiger partial charge on any atom is -0.493 e. The van der Waals surface area contributed by atoms with Crippen LogP contribution in [0.15, 0.2) is 48.7 Å². The number of nitrogen functional groups attached to an aromatic ring is 1. The molecular weight excluding hydrogens is 254 g/mol. The third-order valence-corrected chi connectivity index (χ3v) is 2.86. The van der Waals surface area contributed by atoms with Crippen molar-refractivity contribution in [3.8, 4) is 17.5 Å². The standard InChI is InChI=1S/C15H13N3O2/c1-19-13-7-6-11(16)8-14(13)20-15-17-9-10-4-2-3-5-12(10)18-15/h2-9H,16H2,1H3. The zero-order chi connectivity index (χ0) is 13.9. The molecule has 5 nitrogen and oxygen atoms in total. The summed E-state index contributed by atoms with van der Waals surface area (Å²) in [6, 6.07) is 13.1. The van der Waals surface area contributed by atoms with E-state index in [9.17, 15) is 0 Å². The van der Waals surface area contributed by atoms with Gasteiger partial charge in [-0.2, -0.15) is 4.98 Å². The van der Waals surface area contributed by atoms with E-state index in [2.05, 4.69) is 9.97 Å². The normalized spacial score (nSPS) is 10.4. The van der Waals surface area contributed by atoms with Crippen molar-refractivity contribution >= 4 is 16.6 Å². The van der Waals surface area contributed by atoms with E-state index in [4.69, 9.17) is 15.2 Å². The van der Waals surface area contributed by atoms with E-state index >= 15 is 0 Å². The summed E-state index contributed by atoms with van der Waals surface area (Å²) in [6.45, 7) is 0. The van der Waals surface area contributed by atoms with Crippen LogP contribution in [0.1, 0.15) is 0 Å². The van der Waals surface area contributed by atoms with E-state index in [1.807, 2.05) is 24.3 Å². The Bertz CT molecular complexity index is 759. The first-order valence-corrected chi connectivity index (χ1v) is 6.09. The van der Waals surface area contributed by atoms with E-state index in [-0.39, 0.29) is 6.01 Å². The number of rotatable bonds is 3. The third kappa shape index (κ3) is 2.33. The molecule has 0 bridgehead atoms. The number of aromatic nitrogens is 2. The van der Waals surface area contributed by atoms with Crippen LogP contribution in [0.25, 0.3) is 10.9 Å². The summed E-state index contributed by atoms with van der Waals surface area (Å²) in [5, 5.41) is 0.958. The molecule has 0 saturated carbocycles. The van der Waals surface area contributed by atoms with Crippen LogP contribution < -0.4 is 15.2 Å². The van der Waals surface area contributed by atoms with Crippen LogP contribution in [0.4, 0.5) is 5.69 Å². The summed E-state index contributed by atoms with van der Waals surface area (Å²) in [5.41, 5.74) is 7.15. The highest BCUT2D eigenvalue weighted by atomic mass is 16.5. The van der Waals surface area contributed by atoms with Gasteiger partial charge < -0.3 is 15.2 Å². The first-order chi connectivity index (χ1) is 9.76. The Balaban J connectivity index is 1.98. The Morgan fingerprint density at radius 1 is 1.05 bits per heavy atom. The minimum absolute atomic E-state index is 0.257. The van der Waals surface area contributed by atoms with Crippen LogP contribution >= 0.6 is 0 Å². The SMILES string of the molecule is COc1ccc(N)cc1Oc1ncc2ccccc2n1. The molecule has 2 N–H and O–H groups in total. The molecule has 0 saturated heterocycles. The van der Waals surface area contributed by atoms with Gasteiger partial charge >= 0.3 is 6.01 Å². The summed E-state index contributed by atoms with van der Waals surface area (Å²) in [7, 11) is 1.57. The van der Waals surface area contributed by atoms with Gasteiger partial charge in [-0.05, 0) is 18.2 Å². The van der Waals surface area contributed by atoms with Gasteiger partial charge in [0.2, 0.25) is 0 Å². The Morgan fingerprint density at radius 3 is 2.75 bits per heavy atom. The average Bonchev–Trinajstić information content (AvgIpc) is 2.47. The molecule has 2 aromatic carbocycles. The number of methoxy groups -OCH3 is 1. The van der Waals surface area contributed by atoms with Crippen molar-refractivity contribution in [2.75, 3.05) is 12.8 Å². The summed E-state index contributed by atoms with van der Waals surface area (Å²) in [4.78, 5) is 8.52. The Kier molecular flexibility index (Phi) is 3.09. The van der Waals surface area contributed by atoms with Gasteiger partial charge in [0.25, 0.3) is 0 Å². The van der Waals surface area contributed by atoms with E-state index in [1.54, 1.807) is 31.5 Å². The molecule has 5 heteroatoms. The van der Waals surface area contributed by atoms with Crippen molar-refractivity contribution in [3.05, 3.63) is 48.7 Å². The number of nitrogens with zero attached hydrogens (tertiary/aromatic N) is 2. The van der Waals surface area contributed by atoms with Gasteiger partial charge in [0.05, 0.1) is 12.6 Å². The molecule has 0 aliphatic carbocycles. The number of hydrogen-bond acceptors (Lipinski definition) is 5. The number of para-hydroxylation sites is 1. The molecule has 3 rings (SSSR count). The molecule has 0 radical (unpaired) electrons. The zero-order valence-corrected chi connectivity index (χ0v) is 10.9. The Morgan fingerprint density at radius 2 is 1.90 bits per heavy atom. The van der Waals surface area contributed by atoms with E-state index < -0.39 is 0 Å². The number of ether oxygens (including phenoxy) is 2. The summed E-state index contributed by atoms with van der Waals surface area (Å²) in [5.74, 6) is 1.07. The number of fused-ring (bicyclic) bond motifs is 1. The minimum atomic E-state index is 0.257. The van der Waals surface area contributed by atoms with Crippen LogP contribution in [-0.4, -0.2) is 17.1 Å². The van der Waals surface area contributed by atoms with Crippen LogP contribution in [-0.2, 0) is 0 Å². The van der Waals surface area contributed by atoms with Gasteiger partial charge in [0.15, 0.2) is 11.5 Å². The second-order valence-electron chi connectivity index (χ2n) is 4.22. The Labute approximate surface area is 116 Å². The molecule has 0 spiro atoms. The molecule has 1 aromatic heterocycles. The van der Waals surface area contributed by atoms with Gasteiger partial charge in [-0.15, -0.1) is 0 Å². The van der Waals surface area contributed by atoms with Crippen molar-refractivity contribution in [2.45, 2.75) is 0 Å². The summed E-state index contributed by atoms with van der Waals surface area (Å²) >= 11 is 0. The molecule has 0 unspecified atom stereocenters. The topological polar surface area (TPSA) is 70.3 Å². The van der Waals surface area contributed by atoms with Crippen molar-refractivity contribution in [3.63, 3.8) is 0 Å². The lowest BCUT2D eigenvalue weighted by molar-refractivity contribution is 0.369. The fraction of sp³-hybridized carbons (Fsp3) is 0.0667. The number of benzene rings is 2. The van der Waals surface area contributed by atoms with E-state index in [0.29, 0.717) is 17.2 Å². The van der Waals surface area contributed by atoms with Gasteiger partial charge in [-0.1, -0.05) is 18.2 Å². The maximum atomic E-state index is 5.75. The monoisotopic (exact) mass is 267 g/mol. The summed E-state index contributed by atoms with van der Waals surface area (Å²) < 4.78 is 10.9. The molecule has 0 aliphatic rings. The fourth-order valence-corrected chi connectivity index (χ4v) is 1.88. The fourth-order valence-electron chi connectivity index (χ4n) is 1.88. The molecule has 20 heavy (non-hydrogen) atoms. The number of nitrogens with two attached hydrogens (primary N) is 1. The molecule has 0 atom stereocenters. The molecule has 3 aromatic rings. The van der Waals surface area contributed by atoms with Gasteiger partial charge in [0, 0.05) is 23.3 Å². The molecule has 0 fully saturated rings. The van der Waals surface area contributed by atoms with E-state index in [0.717, 1.165) is 10.9 Å². The van der Waals surface area contributed by atoms with Crippen LogP contribution in [0, 0.1) is 0 Å². The second-order valence-corrected chi connectivity index (χ2v) is 4.22. The first-order valence-electron chi connectivity index (χ1n) is 6.09. The van der Waals surface area contributed by atoms with E-state index in [1.165, 1.54) is 0 Å². The smallest absolute Gasteiger partial charge is 0.322 e. The van der Waals surface area contributed by atoms with Crippen LogP contribution in [0.3, 0.4) is 0 Å². The van der Waals surface area contributed by atoms with Crippen LogP contribution in [0.5, 0.6) is 17.5 Å². The predicted molar refractivity (Wildman–Crippen MR) is 77.0 cm³/mol. The van der Waals surface area contributed by atoms with Crippen molar-refractivity contribution in [1.29, 1.82) is 0 Å². The molecule has 0 aliphatic heterocycles. The Hall–Kier alpha value is -2.82. The molecule has 100 valence electrons. The van der Waals surface area contributed by atoms with Crippen molar-refractivity contribution in [1.82, 2.24) is 9.97 Å². The van der Waals surface area contributed by atoms with Gasteiger partial charge in [-0.3, -0.25) is 0 Å². The largest absolute Gasteiger partial charge is 0.493 e. The lowest BCUT2D eigenvalue weighted by Crippen LogP contribution is -1.96. The average molecular weight is 267 g/mol. The first kappa shape index (κ1) is 12.2. The lowest BCUT2D eigenvalue weighted by atomic mass is 10.2. The quantitative estimate of drug-likeness (QED) is 0.739. The molecular formula is C15H13N3O2. The number of hydrogen-bond donors (Lipinski definition) is 1. The number of anilines is 1. The van der Waals surface area contributed by atoms with Crippen molar-refractivity contribution in [2.24, 2.45) is 0 Å². The van der Waals surface area contributed by atoms with Crippen LogP contribution in [0.2, 0.25) is 0 Å². The third-order valence-electron chi connectivity index (χ3n) is 2.86. The maximum Gasteiger partial charge on any atom is 0.322 e. The molecule has 1 heterocycles. The highest BCUT2D eigenvalue weighted by Crippen LogP contribution is 2.32. The van der Waals surface area contributed by atoms with Gasteiger partial charge in [-0.25, -0.2) is 4.98 Å². The zero-order valence-electron chi connectivity index (χ0n) is 10.9. The lowest BCUT2D eigenvalue weighted by Gasteiger charge is -2.09. The molecule has 0 amide bonds. The summed E-state index contributed by atoms with van der Waals surface area (Å²) in [6.07, 6.45) is 1.72. The maximum absolute atomic E-state index is 5.75. The second kappa shape index (κ2) is 5.05. The highest BCUT2D eigenvalue weighted by molar-refractivity contribution is 5.77.